The van der Waals surface area contributed by atoms with Gasteiger partial charge in [0.25, 0.3) is 0 Å². The zero-order valence-corrected chi connectivity index (χ0v) is 15.6. The largest absolute Gasteiger partial charge is 0.369 e. The molecule has 0 saturated carbocycles. The van der Waals surface area contributed by atoms with Gasteiger partial charge in [-0.25, -0.2) is 4.98 Å². The maximum absolute atomic E-state index is 6.22. The Kier molecular flexibility index (Phi) is 5.90. The number of hydrogen-bond donors (Lipinski definition) is 1. The van der Waals surface area contributed by atoms with Gasteiger partial charge in [0.05, 0.1) is 5.52 Å². The van der Waals surface area contributed by atoms with E-state index in [1.54, 1.807) is 0 Å². The predicted molar refractivity (Wildman–Crippen MR) is 108 cm³/mol. The van der Waals surface area contributed by atoms with Gasteiger partial charge in [0.2, 0.25) is 0 Å². The number of aromatic nitrogens is 1. The highest BCUT2D eigenvalue weighted by Gasteiger charge is 2.09. The number of hydrogen-bond acceptors (Lipinski definition) is 3. The van der Waals surface area contributed by atoms with Crippen LogP contribution in [0.1, 0.15) is 13.8 Å². The van der Waals surface area contributed by atoms with Gasteiger partial charge in [-0.2, -0.15) is 0 Å². The Balaban J connectivity index is 1.94. The van der Waals surface area contributed by atoms with Crippen molar-refractivity contribution in [2.45, 2.75) is 13.8 Å². The van der Waals surface area contributed by atoms with Crippen LogP contribution in [-0.4, -0.2) is 36.1 Å². The molecule has 0 saturated heterocycles. The number of pyridine rings is 1. The Morgan fingerprint density at radius 2 is 1.76 bits per heavy atom. The van der Waals surface area contributed by atoms with Gasteiger partial charge in [0.1, 0.15) is 5.82 Å². The average Bonchev–Trinajstić information content (AvgIpc) is 2.65. The van der Waals surface area contributed by atoms with Gasteiger partial charge in [-0.05, 0) is 48.5 Å². The Bertz CT molecular complexity index is 829. The zero-order valence-electron chi connectivity index (χ0n) is 14.8. The third-order valence-corrected chi connectivity index (χ3v) is 4.72. The molecule has 3 nitrogen and oxygen atoms in total. The van der Waals surface area contributed by atoms with Crippen LogP contribution in [0.4, 0.5) is 5.82 Å². The topological polar surface area (TPSA) is 28.2 Å². The molecule has 1 heterocycles. The highest BCUT2D eigenvalue weighted by Crippen LogP contribution is 2.31. The second-order valence-corrected chi connectivity index (χ2v) is 6.47. The number of likely N-dealkylation sites (N-methyl/N-ethyl adjacent to an activating group) is 1. The lowest BCUT2D eigenvalue weighted by Crippen LogP contribution is -2.28. The van der Waals surface area contributed by atoms with Crippen molar-refractivity contribution in [3.8, 4) is 11.1 Å². The minimum absolute atomic E-state index is 0.730. The molecule has 0 atom stereocenters. The fourth-order valence-corrected chi connectivity index (χ4v) is 3.20. The van der Waals surface area contributed by atoms with E-state index < -0.39 is 0 Å². The normalized spacial score (nSPS) is 11.2. The minimum atomic E-state index is 0.730. The first-order valence-electron chi connectivity index (χ1n) is 8.83. The van der Waals surface area contributed by atoms with E-state index in [1.807, 2.05) is 24.3 Å². The molecule has 1 aromatic heterocycles. The van der Waals surface area contributed by atoms with Crippen molar-refractivity contribution >= 4 is 28.3 Å². The van der Waals surface area contributed by atoms with Crippen LogP contribution in [0.25, 0.3) is 22.0 Å². The maximum Gasteiger partial charge on any atom is 0.127 e. The summed E-state index contributed by atoms with van der Waals surface area (Å²) in [4.78, 5) is 7.16. The van der Waals surface area contributed by atoms with Gasteiger partial charge in [-0.15, -0.1) is 0 Å². The number of fused-ring (bicyclic) bond motifs is 1. The number of anilines is 1. The second kappa shape index (κ2) is 8.32. The Morgan fingerprint density at radius 3 is 2.48 bits per heavy atom. The van der Waals surface area contributed by atoms with Crippen molar-refractivity contribution in [2.75, 3.05) is 31.5 Å². The van der Waals surface area contributed by atoms with Gasteiger partial charge < -0.3 is 10.2 Å². The Morgan fingerprint density at radius 1 is 1.00 bits per heavy atom. The molecule has 0 unspecified atom stereocenters. The summed E-state index contributed by atoms with van der Waals surface area (Å²) in [6.07, 6.45) is 0. The SMILES string of the molecule is CCN(CC)CCNc1cc(-c2ccccc2)c2cc(Cl)ccc2n1. The van der Waals surface area contributed by atoms with E-state index in [0.29, 0.717) is 0 Å². The number of halogens is 1. The predicted octanol–water partition coefficient (Wildman–Crippen LogP) is 5.31. The summed E-state index contributed by atoms with van der Waals surface area (Å²) in [6, 6.07) is 18.4. The van der Waals surface area contributed by atoms with Gasteiger partial charge in [0.15, 0.2) is 0 Å². The maximum atomic E-state index is 6.22. The van der Waals surface area contributed by atoms with E-state index in [9.17, 15) is 0 Å². The molecule has 2 aromatic carbocycles. The first kappa shape index (κ1) is 17.7. The standard InChI is InChI=1S/C21H24ClN3/c1-3-25(4-2)13-12-23-21-15-18(16-8-6-5-7-9-16)19-14-17(22)10-11-20(19)24-21/h5-11,14-15H,3-4,12-13H2,1-2H3,(H,23,24). The number of rotatable bonds is 7. The second-order valence-electron chi connectivity index (χ2n) is 6.04. The molecule has 0 aliphatic carbocycles. The van der Waals surface area contributed by atoms with Crippen LogP contribution in [0, 0.1) is 0 Å². The highest BCUT2D eigenvalue weighted by molar-refractivity contribution is 6.31. The van der Waals surface area contributed by atoms with Crippen LogP contribution in [-0.2, 0) is 0 Å². The summed E-state index contributed by atoms with van der Waals surface area (Å²) in [6.45, 7) is 8.40. The Hall–Kier alpha value is -2.10. The summed E-state index contributed by atoms with van der Waals surface area (Å²) in [5.74, 6) is 0.904. The summed E-state index contributed by atoms with van der Waals surface area (Å²) in [7, 11) is 0. The third-order valence-electron chi connectivity index (χ3n) is 4.48. The molecule has 130 valence electrons. The lowest BCUT2D eigenvalue weighted by molar-refractivity contribution is 0.316. The van der Waals surface area contributed by atoms with E-state index in [-0.39, 0.29) is 0 Å². The summed E-state index contributed by atoms with van der Waals surface area (Å²) in [5, 5.41) is 5.28. The molecule has 0 spiro atoms. The molecule has 25 heavy (non-hydrogen) atoms. The molecule has 1 N–H and O–H groups in total. The van der Waals surface area contributed by atoms with Crippen molar-refractivity contribution in [3.63, 3.8) is 0 Å². The van der Waals surface area contributed by atoms with Crippen LogP contribution in [0.3, 0.4) is 0 Å². The minimum Gasteiger partial charge on any atom is -0.369 e. The van der Waals surface area contributed by atoms with Crippen molar-refractivity contribution in [3.05, 3.63) is 59.6 Å². The van der Waals surface area contributed by atoms with Gasteiger partial charge in [0, 0.05) is 23.5 Å². The molecule has 0 bridgehead atoms. The Labute approximate surface area is 154 Å². The number of nitrogens with zero attached hydrogens (tertiary/aromatic N) is 2. The van der Waals surface area contributed by atoms with Gasteiger partial charge >= 0.3 is 0 Å². The van der Waals surface area contributed by atoms with Crippen LogP contribution in [0.5, 0.6) is 0 Å². The summed E-state index contributed by atoms with van der Waals surface area (Å²) < 4.78 is 0. The van der Waals surface area contributed by atoms with E-state index in [1.165, 1.54) is 5.56 Å². The quantitative estimate of drug-likeness (QED) is 0.624. The van der Waals surface area contributed by atoms with Crippen molar-refractivity contribution in [1.29, 1.82) is 0 Å². The molecule has 0 radical (unpaired) electrons. The monoisotopic (exact) mass is 353 g/mol. The van der Waals surface area contributed by atoms with Gasteiger partial charge in [-0.3, -0.25) is 0 Å². The molecular weight excluding hydrogens is 330 g/mol. The van der Waals surface area contributed by atoms with Crippen molar-refractivity contribution < 1.29 is 0 Å². The first-order chi connectivity index (χ1) is 12.2. The van der Waals surface area contributed by atoms with E-state index in [4.69, 9.17) is 16.6 Å². The fraction of sp³-hybridized carbons (Fsp3) is 0.286. The smallest absolute Gasteiger partial charge is 0.127 e. The van der Waals surface area contributed by atoms with E-state index in [0.717, 1.165) is 53.5 Å². The molecule has 4 heteroatoms. The average molecular weight is 354 g/mol. The lowest BCUT2D eigenvalue weighted by Gasteiger charge is -2.18. The molecular formula is C21H24ClN3. The molecule has 0 aliphatic rings. The van der Waals surface area contributed by atoms with Crippen molar-refractivity contribution in [2.24, 2.45) is 0 Å². The van der Waals surface area contributed by atoms with Crippen LogP contribution in [0.15, 0.2) is 54.6 Å². The van der Waals surface area contributed by atoms with Gasteiger partial charge in [-0.1, -0.05) is 55.8 Å². The zero-order chi connectivity index (χ0) is 17.6. The molecule has 0 fully saturated rings. The van der Waals surface area contributed by atoms with Crippen LogP contribution < -0.4 is 5.32 Å². The summed E-state index contributed by atoms with van der Waals surface area (Å²) in [5.41, 5.74) is 3.28. The highest BCUT2D eigenvalue weighted by atomic mass is 35.5. The van der Waals surface area contributed by atoms with E-state index in [2.05, 4.69) is 54.4 Å². The van der Waals surface area contributed by atoms with Crippen molar-refractivity contribution in [1.82, 2.24) is 9.88 Å². The lowest BCUT2D eigenvalue weighted by atomic mass is 10.0. The molecule has 3 aromatic rings. The number of nitrogens with one attached hydrogen (secondary N) is 1. The molecule has 3 rings (SSSR count). The third kappa shape index (κ3) is 4.30. The van der Waals surface area contributed by atoms with Crippen LogP contribution in [0.2, 0.25) is 5.02 Å². The molecule has 0 amide bonds. The molecule has 0 aliphatic heterocycles. The first-order valence-corrected chi connectivity index (χ1v) is 9.21. The van der Waals surface area contributed by atoms with Crippen LogP contribution >= 0.6 is 11.6 Å². The van der Waals surface area contributed by atoms with E-state index >= 15 is 0 Å². The summed E-state index contributed by atoms with van der Waals surface area (Å²) >= 11 is 6.22. The fourth-order valence-electron chi connectivity index (χ4n) is 3.03. The number of benzene rings is 2.